The molecule has 5 nitrogen and oxygen atoms in total. The highest BCUT2D eigenvalue weighted by Gasteiger charge is 2.11. The van der Waals surface area contributed by atoms with E-state index in [0.29, 0.717) is 12.2 Å². The molecular formula is C12H11BrFN5. The summed E-state index contributed by atoms with van der Waals surface area (Å²) in [6.45, 7) is 3.10. The minimum absolute atomic E-state index is 0.164. The molecule has 0 aliphatic carbocycles. The van der Waals surface area contributed by atoms with E-state index >= 15 is 0 Å². The Balaban J connectivity index is 2.17. The lowest BCUT2D eigenvalue weighted by molar-refractivity contribution is 0.621. The van der Waals surface area contributed by atoms with Gasteiger partial charge in [0.05, 0.1) is 22.3 Å². The molecule has 2 aromatic rings. The molecule has 0 spiro atoms. The number of anilines is 1. The molecule has 7 heteroatoms. The van der Waals surface area contributed by atoms with Crippen molar-refractivity contribution in [2.75, 3.05) is 5.32 Å². The molecule has 0 saturated carbocycles. The summed E-state index contributed by atoms with van der Waals surface area (Å²) in [5, 5.41) is 19.5. The van der Waals surface area contributed by atoms with Crippen molar-refractivity contribution in [1.29, 1.82) is 5.26 Å². The number of hydrogen-bond donors (Lipinski definition) is 1. The first kappa shape index (κ1) is 13.5. The van der Waals surface area contributed by atoms with Gasteiger partial charge in [-0.2, -0.15) is 5.26 Å². The van der Waals surface area contributed by atoms with E-state index in [4.69, 9.17) is 5.26 Å². The van der Waals surface area contributed by atoms with Crippen molar-refractivity contribution in [2.45, 2.75) is 20.0 Å². The maximum Gasteiger partial charge on any atom is 0.161 e. The molecule has 1 aromatic heterocycles. The van der Waals surface area contributed by atoms with E-state index < -0.39 is 5.82 Å². The Labute approximate surface area is 118 Å². The molecule has 1 N–H and O–H groups in total. The van der Waals surface area contributed by atoms with Crippen LogP contribution in [0.5, 0.6) is 0 Å². The molecule has 1 heterocycles. The number of halogens is 2. The molecule has 1 aromatic carbocycles. The molecule has 0 aliphatic rings. The number of aryl methyl sites for hydroxylation is 1. The second-order valence-corrected chi connectivity index (χ2v) is 4.58. The first-order chi connectivity index (χ1) is 9.17. The third-order valence-electron chi connectivity index (χ3n) is 2.68. The maximum absolute atomic E-state index is 14.0. The van der Waals surface area contributed by atoms with Gasteiger partial charge in [0.1, 0.15) is 12.4 Å². The second-order valence-electron chi connectivity index (χ2n) is 3.79. The molecule has 0 amide bonds. The molecule has 0 atom stereocenters. The number of aromatic nitrogens is 3. The van der Waals surface area contributed by atoms with Crippen molar-refractivity contribution < 1.29 is 4.39 Å². The zero-order valence-electron chi connectivity index (χ0n) is 10.2. The number of benzene rings is 1. The van der Waals surface area contributed by atoms with Gasteiger partial charge in [-0.05, 0) is 35.0 Å². The van der Waals surface area contributed by atoms with Crippen LogP contribution in [0.4, 0.5) is 10.1 Å². The van der Waals surface area contributed by atoms with Crippen LogP contribution < -0.4 is 5.32 Å². The van der Waals surface area contributed by atoms with Gasteiger partial charge in [-0.25, -0.2) is 4.39 Å². The maximum atomic E-state index is 14.0. The Hall–Kier alpha value is -1.94. The van der Waals surface area contributed by atoms with Crippen LogP contribution in [0.3, 0.4) is 0 Å². The summed E-state index contributed by atoms with van der Waals surface area (Å²) >= 11 is 3.07. The van der Waals surface area contributed by atoms with Crippen molar-refractivity contribution in [3.63, 3.8) is 0 Å². The van der Waals surface area contributed by atoms with Crippen LogP contribution in [0.2, 0.25) is 0 Å². The van der Waals surface area contributed by atoms with E-state index in [1.807, 2.05) is 17.6 Å². The second kappa shape index (κ2) is 5.80. The Bertz CT molecular complexity index is 632. The van der Waals surface area contributed by atoms with E-state index in [1.54, 1.807) is 12.4 Å². The Morgan fingerprint density at radius 3 is 3.00 bits per heavy atom. The summed E-state index contributed by atoms with van der Waals surface area (Å²) < 4.78 is 16.0. The van der Waals surface area contributed by atoms with E-state index in [9.17, 15) is 4.39 Å². The number of hydrogen-bond acceptors (Lipinski definition) is 4. The van der Waals surface area contributed by atoms with Gasteiger partial charge in [0.2, 0.25) is 0 Å². The third-order valence-corrected chi connectivity index (χ3v) is 3.45. The first-order valence-electron chi connectivity index (χ1n) is 5.66. The highest BCUT2D eigenvalue weighted by Crippen LogP contribution is 2.26. The molecule has 0 aliphatic heterocycles. The van der Waals surface area contributed by atoms with Crippen molar-refractivity contribution in [3.8, 4) is 6.07 Å². The monoisotopic (exact) mass is 323 g/mol. The normalized spacial score (nSPS) is 10.2. The number of nitrogens with zero attached hydrogens (tertiary/aromatic N) is 4. The van der Waals surface area contributed by atoms with Crippen LogP contribution in [0.15, 0.2) is 22.9 Å². The lowest BCUT2D eigenvalue weighted by Crippen LogP contribution is -2.08. The standard InChI is InChI=1S/C12H11BrFN5/c1-2-19-7-17-18-10(19)6-16-9-4-3-8(5-15)11(13)12(9)14/h3-4,7,16H,2,6H2,1H3. The van der Waals surface area contributed by atoms with Crippen LogP contribution in [0.1, 0.15) is 18.3 Å². The van der Waals surface area contributed by atoms with Crippen molar-refractivity contribution >= 4 is 21.6 Å². The number of nitriles is 1. The molecule has 0 unspecified atom stereocenters. The molecule has 0 radical (unpaired) electrons. The summed E-state index contributed by atoms with van der Waals surface area (Å²) in [5.41, 5.74) is 0.580. The summed E-state index contributed by atoms with van der Waals surface area (Å²) in [6.07, 6.45) is 1.63. The topological polar surface area (TPSA) is 66.5 Å². The molecule has 0 bridgehead atoms. The van der Waals surface area contributed by atoms with Crippen LogP contribution >= 0.6 is 15.9 Å². The van der Waals surface area contributed by atoms with Crippen LogP contribution in [0, 0.1) is 17.1 Å². The fraction of sp³-hybridized carbons (Fsp3) is 0.250. The molecule has 98 valence electrons. The molecule has 0 fully saturated rings. The molecule has 0 saturated heterocycles. The lowest BCUT2D eigenvalue weighted by atomic mass is 10.2. The third kappa shape index (κ3) is 2.74. The van der Waals surface area contributed by atoms with Gasteiger partial charge in [0.25, 0.3) is 0 Å². The summed E-state index contributed by atoms with van der Waals surface area (Å²) in [6, 6.07) is 5.00. The lowest BCUT2D eigenvalue weighted by Gasteiger charge is -2.09. The summed E-state index contributed by atoms with van der Waals surface area (Å²) in [4.78, 5) is 0. The number of nitrogens with one attached hydrogen (secondary N) is 1. The minimum Gasteiger partial charge on any atom is -0.375 e. The van der Waals surface area contributed by atoms with E-state index in [1.165, 1.54) is 6.07 Å². The van der Waals surface area contributed by atoms with E-state index in [0.717, 1.165) is 12.4 Å². The van der Waals surface area contributed by atoms with Gasteiger partial charge < -0.3 is 9.88 Å². The van der Waals surface area contributed by atoms with Crippen LogP contribution in [-0.4, -0.2) is 14.8 Å². The van der Waals surface area contributed by atoms with E-state index in [-0.39, 0.29) is 10.0 Å². The zero-order valence-corrected chi connectivity index (χ0v) is 11.8. The average molecular weight is 324 g/mol. The van der Waals surface area contributed by atoms with Crippen molar-refractivity contribution in [2.24, 2.45) is 0 Å². The van der Waals surface area contributed by atoms with Crippen LogP contribution in [-0.2, 0) is 13.1 Å². The average Bonchev–Trinajstić information content (AvgIpc) is 2.88. The van der Waals surface area contributed by atoms with Crippen LogP contribution in [0.25, 0.3) is 0 Å². The molecular weight excluding hydrogens is 313 g/mol. The van der Waals surface area contributed by atoms with Gasteiger partial charge in [-0.1, -0.05) is 0 Å². The first-order valence-corrected chi connectivity index (χ1v) is 6.45. The highest BCUT2D eigenvalue weighted by molar-refractivity contribution is 9.10. The van der Waals surface area contributed by atoms with E-state index in [2.05, 4.69) is 31.4 Å². The Kier molecular flexibility index (Phi) is 4.12. The fourth-order valence-electron chi connectivity index (χ4n) is 1.63. The largest absolute Gasteiger partial charge is 0.375 e. The Morgan fingerprint density at radius 1 is 1.53 bits per heavy atom. The SMILES string of the molecule is CCn1cnnc1CNc1ccc(C#N)c(Br)c1F. The fourth-order valence-corrected chi connectivity index (χ4v) is 2.06. The number of rotatable bonds is 4. The van der Waals surface area contributed by atoms with Gasteiger partial charge in [-0.15, -0.1) is 10.2 Å². The molecule has 2 rings (SSSR count). The smallest absolute Gasteiger partial charge is 0.161 e. The quantitative estimate of drug-likeness (QED) is 0.939. The zero-order chi connectivity index (χ0) is 13.8. The predicted molar refractivity (Wildman–Crippen MR) is 71.8 cm³/mol. The van der Waals surface area contributed by atoms with Gasteiger partial charge in [-0.3, -0.25) is 0 Å². The summed E-state index contributed by atoms with van der Waals surface area (Å²) in [5.74, 6) is 0.240. The van der Waals surface area contributed by atoms with Crippen molar-refractivity contribution in [3.05, 3.63) is 40.1 Å². The van der Waals surface area contributed by atoms with Gasteiger partial charge >= 0.3 is 0 Å². The molecule has 19 heavy (non-hydrogen) atoms. The Morgan fingerprint density at radius 2 is 2.32 bits per heavy atom. The van der Waals surface area contributed by atoms with Gasteiger partial charge in [0, 0.05) is 6.54 Å². The summed E-state index contributed by atoms with van der Waals surface area (Å²) in [7, 11) is 0. The minimum atomic E-state index is -0.485. The van der Waals surface area contributed by atoms with Gasteiger partial charge in [0.15, 0.2) is 11.6 Å². The highest BCUT2D eigenvalue weighted by atomic mass is 79.9. The predicted octanol–water partition coefficient (Wildman–Crippen LogP) is 2.68. The van der Waals surface area contributed by atoms with Crippen molar-refractivity contribution in [1.82, 2.24) is 14.8 Å².